The molecule has 1 aromatic rings. The van der Waals surface area contributed by atoms with Crippen LogP contribution in [0.3, 0.4) is 0 Å². The minimum Gasteiger partial charge on any atom is -0.207 e. The van der Waals surface area contributed by atoms with Gasteiger partial charge >= 0.3 is 0 Å². The summed E-state index contributed by atoms with van der Waals surface area (Å²) in [7, 11) is 4.76. The van der Waals surface area contributed by atoms with Crippen molar-refractivity contribution in [3.63, 3.8) is 0 Å². The maximum absolute atomic E-state index is 13.4. The van der Waals surface area contributed by atoms with Crippen molar-refractivity contribution in [3.05, 3.63) is 34.6 Å². The molecule has 84 valence electrons. The van der Waals surface area contributed by atoms with E-state index in [0.29, 0.717) is 18.7 Å². The van der Waals surface area contributed by atoms with Crippen molar-refractivity contribution in [2.24, 2.45) is 0 Å². The van der Waals surface area contributed by atoms with Gasteiger partial charge in [-0.25, -0.2) is 13.2 Å². The summed E-state index contributed by atoms with van der Waals surface area (Å²) < 4.78 is 40.2. The fraction of sp³-hybridized carbons (Fsp3) is 0.400. The number of hydrogen-bond donors (Lipinski definition) is 0. The van der Waals surface area contributed by atoms with Gasteiger partial charge in [0.15, 0.2) is 11.6 Å². The molecule has 0 radical (unpaired) electrons. The van der Waals surface area contributed by atoms with E-state index in [1.807, 2.05) is 0 Å². The monoisotopic (exact) mass is 252 g/mol. The summed E-state index contributed by atoms with van der Waals surface area (Å²) in [4.78, 5) is 0. The average molecular weight is 252 g/mol. The number of hydrogen-bond acceptors (Lipinski definition) is 0. The van der Waals surface area contributed by atoms with E-state index < -0.39 is 17.5 Å². The van der Waals surface area contributed by atoms with Crippen LogP contribution in [0.25, 0.3) is 0 Å². The van der Waals surface area contributed by atoms with Crippen LogP contribution in [0.4, 0.5) is 13.2 Å². The van der Waals surface area contributed by atoms with Crippen molar-refractivity contribution in [2.75, 3.05) is 12.3 Å². The molecule has 0 aliphatic heterocycles. The fourth-order valence-corrected chi connectivity index (χ4v) is 1.99. The Balaban J connectivity index is 3.18. The van der Waals surface area contributed by atoms with Gasteiger partial charge in [-0.1, -0.05) is 0 Å². The molecular formula is C10H13F3P2. The van der Waals surface area contributed by atoms with E-state index in [2.05, 4.69) is 18.5 Å². The largest absolute Gasteiger partial charge is 0.207 e. The Bertz CT molecular complexity index is 353. The molecule has 2 atom stereocenters. The molecular weight excluding hydrogens is 239 g/mol. The molecule has 0 fully saturated rings. The normalized spacial score (nSPS) is 10.7. The third-order valence-electron chi connectivity index (χ3n) is 2.14. The Morgan fingerprint density at radius 3 is 2.07 bits per heavy atom. The third kappa shape index (κ3) is 2.92. The Kier molecular flexibility index (Phi) is 5.02. The van der Waals surface area contributed by atoms with Gasteiger partial charge < -0.3 is 0 Å². The lowest BCUT2D eigenvalue weighted by molar-refractivity contribution is 0.473. The predicted octanol–water partition coefficient (Wildman–Crippen LogP) is 2.94. The van der Waals surface area contributed by atoms with Crippen LogP contribution < -0.4 is 0 Å². The smallest absolute Gasteiger partial charge is 0.165 e. The summed E-state index contributed by atoms with van der Waals surface area (Å²) in [5.41, 5.74) is -0.0532. The first-order valence-corrected chi connectivity index (χ1v) is 6.30. The minimum atomic E-state index is -1.04. The van der Waals surface area contributed by atoms with Gasteiger partial charge in [0.05, 0.1) is 0 Å². The number of rotatable bonds is 4. The topological polar surface area (TPSA) is 0 Å². The highest BCUT2D eigenvalue weighted by Crippen LogP contribution is 2.21. The first-order valence-electron chi connectivity index (χ1n) is 4.67. The summed E-state index contributed by atoms with van der Waals surface area (Å²) in [6.07, 6.45) is 1.61. The maximum atomic E-state index is 13.4. The van der Waals surface area contributed by atoms with Crippen molar-refractivity contribution < 1.29 is 13.2 Å². The van der Waals surface area contributed by atoms with Crippen molar-refractivity contribution >= 4 is 18.5 Å². The van der Waals surface area contributed by atoms with Crippen LogP contribution in [0.2, 0.25) is 0 Å². The summed E-state index contributed by atoms with van der Waals surface area (Å²) in [6.45, 7) is 0. The van der Waals surface area contributed by atoms with Gasteiger partial charge in [0.25, 0.3) is 0 Å². The molecule has 2 unspecified atom stereocenters. The van der Waals surface area contributed by atoms with Crippen LogP contribution in [-0.2, 0) is 12.8 Å². The second kappa shape index (κ2) is 5.82. The number of aryl methyl sites for hydroxylation is 1. The molecule has 15 heavy (non-hydrogen) atoms. The van der Waals surface area contributed by atoms with Crippen LogP contribution in [0, 0.1) is 17.5 Å². The molecule has 0 aliphatic rings. The summed E-state index contributed by atoms with van der Waals surface area (Å²) in [5, 5.41) is 0. The van der Waals surface area contributed by atoms with E-state index in [9.17, 15) is 13.2 Å². The zero-order chi connectivity index (χ0) is 11.4. The van der Waals surface area contributed by atoms with Gasteiger partial charge in [0.1, 0.15) is 5.82 Å². The van der Waals surface area contributed by atoms with E-state index in [1.54, 1.807) is 0 Å². The Labute approximate surface area is 92.0 Å². The minimum absolute atomic E-state index is 0.104. The Hall–Kier alpha value is -0.130. The molecule has 0 amide bonds. The highest BCUT2D eigenvalue weighted by Gasteiger charge is 2.17. The van der Waals surface area contributed by atoms with Gasteiger partial charge in [-0.15, -0.1) is 18.5 Å². The van der Waals surface area contributed by atoms with Crippen LogP contribution in [-0.4, -0.2) is 12.3 Å². The zero-order valence-electron chi connectivity index (χ0n) is 8.19. The van der Waals surface area contributed by atoms with Crippen molar-refractivity contribution in [3.8, 4) is 0 Å². The quantitative estimate of drug-likeness (QED) is 0.571. The molecule has 0 spiro atoms. The highest BCUT2D eigenvalue weighted by atomic mass is 31.0. The summed E-state index contributed by atoms with van der Waals surface area (Å²) >= 11 is 0. The van der Waals surface area contributed by atoms with Crippen LogP contribution >= 0.6 is 18.5 Å². The Morgan fingerprint density at radius 2 is 1.53 bits per heavy atom. The molecule has 0 aromatic heterocycles. The lowest BCUT2D eigenvalue weighted by Crippen LogP contribution is -2.05. The van der Waals surface area contributed by atoms with Gasteiger partial charge in [-0.05, 0) is 36.8 Å². The first-order chi connectivity index (χ1) is 7.11. The van der Waals surface area contributed by atoms with E-state index in [-0.39, 0.29) is 17.5 Å². The van der Waals surface area contributed by atoms with Crippen LogP contribution in [0.5, 0.6) is 0 Å². The second-order valence-corrected chi connectivity index (χ2v) is 4.36. The molecule has 0 saturated heterocycles. The highest BCUT2D eigenvalue weighted by molar-refractivity contribution is 7.16. The molecule has 0 saturated carbocycles. The van der Waals surface area contributed by atoms with Crippen molar-refractivity contribution in [2.45, 2.75) is 12.8 Å². The standard InChI is InChI=1S/C10H13F3P2/c11-8-5-6(1-3-14)9(12)10(13)7(8)2-4-15/h5H,1-4,14-15H2. The van der Waals surface area contributed by atoms with E-state index in [1.165, 1.54) is 0 Å². The van der Waals surface area contributed by atoms with Crippen molar-refractivity contribution in [1.29, 1.82) is 0 Å². The SMILES string of the molecule is Fc1cc(CCP)c(F)c(F)c1CCP. The number of benzene rings is 1. The average Bonchev–Trinajstić information content (AvgIpc) is 2.21. The second-order valence-electron chi connectivity index (χ2n) is 3.20. The summed E-state index contributed by atoms with van der Waals surface area (Å²) in [5.74, 6) is -2.59. The molecule has 5 heteroatoms. The maximum Gasteiger partial charge on any atom is 0.165 e. The van der Waals surface area contributed by atoms with Crippen LogP contribution in [0.1, 0.15) is 11.1 Å². The number of halogens is 3. The predicted molar refractivity (Wildman–Crippen MR) is 62.9 cm³/mol. The van der Waals surface area contributed by atoms with E-state index in [0.717, 1.165) is 6.07 Å². The van der Waals surface area contributed by atoms with Gasteiger partial charge in [0, 0.05) is 5.56 Å². The first kappa shape index (κ1) is 12.9. The Morgan fingerprint density at radius 1 is 0.933 bits per heavy atom. The lowest BCUT2D eigenvalue weighted by atomic mass is 10.1. The van der Waals surface area contributed by atoms with Gasteiger partial charge in [-0.2, -0.15) is 0 Å². The molecule has 0 N–H and O–H groups in total. The molecule has 0 bridgehead atoms. The van der Waals surface area contributed by atoms with Gasteiger partial charge in [0.2, 0.25) is 0 Å². The van der Waals surface area contributed by atoms with Crippen molar-refractivity contribution in [1.82, 2.24) is 0 Å². The van der Waals surface area contributed by atoms with E-state index >= 15 is 0 Å². The zero-order valence-corrected chi connectivity index (χ0v) is 10.5. The molecule has 0 heterocycles. The molecule has 1 rings (SSSR count). The third-order valence-corrected chi connectivity index (χ3v) is 2.71. The molecule has 0 nitrogen and oxygen atoms in total. The van der Waals surface area contributed by atoms with Crippen LogP contribution in [0.15, 0.2) is 6.07 Å². The van der Waals surface area contributed by atoms with E-state index in [4.69, 9.17) is 0 Å². The van der Waals surface area contributed by atoms with Gasteiger partial charge in [-0.3, -0.25) is 0 Å². The molecule has 1 aromatic carbocycles. The lowest BCUT2D eigenvalue weighted by Gasteiger charge is -2.08. The molecule has 0 aliphatic carbocycles. The summed E-state index contributed by atoms with van der Waals surface area (Å²) in [6, 6.07) is 1.10. The fourth-order valence-electron chi connectivity index (χ4n) is 1.39.